The first kappa shape index (κ1) is 23.9. The molecule has 2 aromatic carbocycles. The van der Waals surface area contributed by atoms with Crippen molar-refractivity contribution in [1.29, 1.82) is 0 Å². The van der Waals surface area contributed by atoms with Crippen molar-refractivity contribution in [1.82, 2.24) is 4.31 Å². The molecule has 2 aromatic rings. The number of nitrogens with zero attached hydrogens (tertiary/aromatic N) is 1. The quantitative estimate of drug-likeness (QED) is 0.646. The van der Waals surface area contributed by atoms with Gasteiger partial charge in [0.1, 0.15) is 17.2 Å². The van der Waals surface area contributed by atoms with Gasteiger partial charge in [-0.3, -0.25) is 4.79 Å². The molecule has 1 aliphatic rings. The van der Waals surface area contributed by atoms with Gasteiger partial charge in [0.05, 0.1) is 37.3 Å². The van der Waals surface area contributed by atoms with Gasteiger partial charge < -0.3 is 19.5 Å². The third-order valence-electron chi connectivity index (χ3n) is 5.51. The van der Waals surface area contributed by atoms with Crippen LogP contribution < -0.4 is 19.5 Å². The molecule has 1 fully saturated rings. The van der Waals surface area contributed by atoms with Gasteiger partial charge in [-0.2, -0.15) is 4.31 Å². The van der Waals surface area contributed by atoms with E-state index in [2.05, 4.69) is 5.32 Å². The number of amides is 1. The van der Waals surface area contributed by atoms with Crippen molar-refractivity contribution in [2.45, 2.75) is 31.6 Å². The van der Waals surface area contributed by atoms with Gasteiger partial charge in [-0.1, -0.05) is 0 Å². The minimum Gasteiger partial charge on any atom is -0.497 e. The highest BCUT2D eigenvalue weighted by Gasteiger charge is 2.33. The summed E-state index contributed by atoms with van der Waals surface area (Å²) in [6.07, 6.45) is 1.21. The second kappa shape index (κ2) is 10.2. The minimum absolute atomic E-state index is 0.124. The lowest BCUT2D eigenvalue weighted by Gasteiger charge is -2.31. The zero-order chi connectivity index (χ0) is 23.3. The maximum absolute atomic E-state index is 13.2. The number of carbonyl (C=O) groups is 1. The molecule has 9 heteroatoms. The van der Waals surface area contributed by atoms with Crippen LogP contribution in [0, 0.1) is 12.8 Å². The summed E-state index contributed by atoms with van der Waals surface area (Å²) < 4.78 is 43.9. The number of sulfonamides is 1. The summed E-state index contributed by atoms with van der Waals surface area (Å²) >= 11 is 0. The monoisotopic (exact) mass is 462 g/mol. The van der Waals surface area contributed by atoms with Gasteiger partial charge in [0, 0.05) is 19.2 Å². The summed E-state index contributed by atoms with van der Waals surface area (Å²) in [6.45, 7) is 4.71. The van der Waals surface area contributed by atoms with E-state index >= 15 is 0 Å². The summed E-state index contributed by atoms with van der Waals surface area (Å²) in [5.41, 5.74) is 1.27. The van der Waals surface area contributed by atoms with Crippen LogP contribution in [0.5, 0.6) is 17.2 Å². The third-order valence-corrected chi connectivity index (χ3v) is 7.37. The lowest BCUT2D eigenvalue weighted by molar-refractivity contribution is -0.120. The average Bonchev–Trinajstić information content (AvgIpc) is 2.80. The number of benzene rings is 2. The smallest absolute Gasteiger partial charge is 0.243 e. The molecule has 1 heterocycles. The van der Waals surface area contributed by atoms with Gasteiger partial charge in [-0.25, -0.2) is 8.42 Å². The Morgan fingerprint density at radius 2 is 1.91 bits per heavy atom. The van der Waals surface area contributed by atoms with Gasteiger partial charge >= 0.3 is 0 Å². The Balaban J connectivity index is 1.74. The molecule has 0 unspecified atom stereocenters. The van der Waals surface area contributed by atoms with E-state index in [-0.39, 0.29) is 17.3 Å². The molecule has 0 aliphatic carbocycles. The van der Waals surface area contributed by atoms with Crippen molar-refractivity contribution in [3.8, 4) is 17.2 Å². The van der Waals surface area contributed by atoms with Gasteiger partial charge in [0.2, 0.25) is 15.9 Å². The standard InChI is InChI=1S/C23H30N2O6S/c1-5-31-21-11-9-19(13-16(21)2)32(27,28)25-12-6-7-17(15-25)23(26)24-20-10-8-18(29-3)14-22(20)30-4/h8-11,13-14,17H,5-7,12,15H2,1-4H3,(H,24,26)/t17-/m0/s1. The van der Waals surface area contributed by atoms with Gasteiger partial charge in [-0.05, 0) is 62.6 Å². The van der Waals surface area contributed by atoms with E-state index in [0.717, 1.165) is 5.56 Å². The highest BCUT2D eigenvalue weighted by molar-refractivity contribution is 7.89. The Morgan fingerprint density at radius 3 is 2.56 bits per heavy atom. The second-order valence-corrected chi connectivity index (χ2v) is 9.56. The van der Waals surface area contributed by atoms with Crippen LogP contribution in [0.25, 0.3) is 0 Å². The lowest BCUT2D eigenvalue weighted by atomic mass is 9.98. The summed E-state index contributed by atoms with van der Waals surface area (Å²) in [5, 5.41) is 2.87. The van der Waals surface area contributed by atoms with E-state index in [1.807, 2.05) is 13.8 Å². The molecule has 32 heavy (non-hydrogen) atoms. The first-order valence-corrected chi connectivity index (χ1v) is 12.0. The maximum atomic E-state index is 13.2. The Labute approximate surface area is 189 Å². The van der Waals surface area contributed by atoms with E-state index < -0.39 is 15.9 Å². The Bertz CT molecular complexity index is 1070. The molecule has 1 aliphatic heterocycles. The van der Waals surface area contributed by atoms with E-state index in [1.54, 1.807) is 43.5 Å². The molecule has 1 amide bonds. The molecule has 174 valence electrons. The predicted octanol–water partition coefficient (Wildman–Crippen LogP) is 3.45. The first-order chi connectivity index (χ1) is 15.3. The number of hydrogen-bond acceptors (Lipinski definition) is 6. The van der Waals surface area contributed by atoms with Crippen molar-refractivity contribution >= 4 is 21.6 Å². The zero-order valence-electron chi connectivity index (χ0n) is 18.9. The first-order valence-electron chi connectivity index (χ1n) is 10.6. The van der Waals surface area contributed by atoms with Crippen LogP contribution in [0.1, 0.15) is 25.3 Å². The van der Waals surface area contributed by atoms with E-state index in [4.69, 9.17) is 14.2 Å². The van der Waals surface area contributed by atoms with Crippen molar-refractivity contribution < 1.29 is 27.4 Å². The number of aryl methyl sites for hydroxylation is 1. The van der Waals surface area contributed by atoms with Crippen LogP contribution in [0.3, 0.4) is 0 Å². The molecule has 1 N–H and O–H groups in total. The number of anilines is 1. The fourth-order valence-electron chi connectivity index (χ4n) is 3.76. The number of piperidine rings is 1. The van der Waals surface area contributed by atoms with E-state index in [9.17, 15) is 13.2 Å². The van der Waals surface area contributed by atoms with Crippen LogP contribution in [0.2, 0.25) is 0 Å². The molecular weight excluding hydrogens is 432 g/mol. The normalized spacial score (nSPS) is 16.9. The van der Waals surface area contributed by atoms with Gasteiger partial charge in [-0.15, -0.1) is 0 Å². The number of ether oxygens (including phenoxy) is 3. The molecule has 1 atom stereocenters. The minimum atomic E-state index is -3.72. The molecule has 1 saturated heterocycles. The van der Waals surface area contributed by atoms with Crippen molar-refractivity contribution in [3.05, 3.63) is 42.0 Å². The van der Waals surface area contributed by atoms with Gasteiger partial charge in [0.25, 0.3) is 0 Å². The van der Waals surface area contributed by atoms with Crippen LogP contribution in [0.4, 0.5) is 5.69 Å². The molecule has 0 spiro atoms. The Hall–Kier alpha value is -2.78. The average molecular weight is 463 g/mol. The van der Waals surface area contributed by atoms with Crippen LogP contribution in [-0.4, -0.2) is 52.5 Å². The van der Waals surface area contributed by atoms with Crippen LogP contribution >= 0.6 is 0 Å². The third kappa shape index (κ3) is 5.16. The number of hydrogen-bond donors (Lipinski definition) is 1. The molecule has 0 radical (unpaired) electrons. The summed E-state index contributed by atoms with van der Waals surface area (Å²) in [6, 6.07) is 9.96. The van der Waals surface area contributed by atoms with Gasteiger partial charge in [0.15, 0.2) is 0 Å². The Kier molecular flexibility index (Phi) is 7.63. The molecule has 0 saturated carbocycles. The predicted molar refractivity (Wildman–Crippen MR) is 122 cm³/mol. The van der Waals surface area contributed by atoms with Crippen LogP contribution in [0.15, 0.2) is 41.3 Å². The molecule has 3 rings (SSSR count). The number of methoxy groups -OCH3 is 2. The highest BCUT2D eigenvalue weighted by Crippen LogP contribution is 2.31. The van der Waals surface area contributed by atoms with Crippen molar-refractivity contribution in [3.63, 3.8) is 0 Å². The second-order valence-electron chi connectivity index (χ2n) is 7.62. The molecule has 0 bridgehead atoms. The topological polar surface area (TPSA) is 94.2 Å². The summed E-state index contributed by atoms with van der Waals surface area (Å²) in [4.78, 5) is 13.1. The summed E-state index contributed by atoms with van der Waals surface area (Å²) in [7, 11) is -0.657. The molecule has 8 nitrogen and oxygen atoms in total. The summed E-state index contributed by atoms with van der Waals surface area (Å²) in [5.74, 6) is 1.05. The lowest BCUT2D eigenvalue weighted by Crippen LogP contribution is -2.43. The van der Waals surface area contributed by atoms with E-state index in [0.29, 0.717) is 48.9 Å². The fourth-order valence-corrected chi connectivity index (χ4v) is 5.37. The number of rotatable bonds is 8. The highest BCUT2D eigenvalue weighted by atomic mass is 32.2. The zero-order valence-corrected chi connectivity index (χ0v) is 19.7. The van der Waals surface area contributed by atoms with Crippen molar-refractivity contribution in [2.75, 3.05) is 39.2 Å². The SMILES string of the molecule is CCOc1ccc(S(=O)(=O)N2CCC[C@H](C(=O)Nc3ccc(OC)cc3OC)C2)cc1C. The Morgan fingerprint density at radius 1 is 1.12 bits per heavy atom. The molecular formula is C23H30N2O6S. The van der Waals surface area contributed by atoms with Crippen molar-refractivity contribution in [2.24, 2.45) is 5.92 Å². The number of carbonyl (C=O) groups excluding carboxylic acids is 1. The van der Waals surface area contributed by atoms with E-state index in [1.165, 1.54) is 11.4 Å². The van der Waals surface area contributed by atoms with Crippen LogP contribution in [-0.2, 0) is 14.8 Å². The number of nitrogens with one attached hydrogen (secondary N) is 1. The molecule has 0 aromatic heterocycles. The fraction of sp³-hybridized carbons (Fsp3) is 0.435. The largest absolute Gasteiger partial charge is 0.497 e. The maximum Gasteiger partial charge on any atom is 0.243 e.